The van der Waals surface area contributed by atoms with Gasteiger partial charge in [-0.1, -0.05) is 17.7 Å². The van der Waals surface area contributed by atoms with E-state index < -0.39 is 0 Å². The lowest BCUT2D eigenvalue weighted by Crippen LogP contribution is -2.34. The first-order chi connectivity index (χ1) is 11.0. The van der Waals surface area contributed by atoms with Gasteiger partial charge in [0.05, 0.1) is 6.61 Å². The van der Waals surface area contributed by atoms with Gasteiger partial charge in [-0.3, -0.25) is 4.79 Å². The highest BCUT2D eigenvalue weighted by Gasteiger charge is 2.08. The average molecular weight is 337 g/mol. The molecule has 0 aromatic heterocycles. The second-order valence-corrected chi connectivity index (χ2v) is 5.63. The van der Waals surface area contributed by atoms with E-state index in [2.05, 4.69) is 10.6 Å². The summed E-state index contributed by atoms with van der Waals surface area (Å²) in [6.07, 6.45) is 0. The zero-order chi connectivity index (χ0) is 16.8. The Kier molecular flexibility index (Phi) is 5.96. The number of hydrogen-bond acceptors (Lipinski definition) is 3. The Balaban J connectivity index is 1.96. The van der Waals surface area contributed by atoms with Gasteiger partial charge in [0.15, 0.2) is 0 Å². The van der Waals surface area contributed by atoms with Gasteiger partial charge < -0.3 is 15.7 Å². The van der Waals surface area contributed by atoms with Crippen molar-refractivity contribution >= 4 is 23.2 Å². The molecule has 0 aliphatic carbocycles. The minimum atomic E-state index is -0.369. The number of amides is 1. The van der Waals surface area contributed by atoms with Gasteiger partial charge in [-0.05, 0) is 48.9 Å². The summed E-state index contributed by atoms with van der Waals surface area (Å²) < 4.78 is 13.0. The number of benzene rings is 2. The molecule has 1 atom stereocenters. The molecule has 0 aliphatic heterocycles. The van der Waals surface area contributed by atoms with Crippen molar-refractivity contribution in [3.8, 4) is 0 Å². The van der Waals surface area contributed by atoms with Gasteiger partial charge >= 0.3 is 0 Å². The predicted octanol–water partition coefficient (Wildman–Crippen LogP) is 3.20. The highest BCUT2D eigenvalue weighted by molar-refractivity contribution is 6.31. The Bertz CT molecular complexity index is 677. The second-order valence-electron chi connectivity index (χ2n) is 5.22. The van der Waals surface area contributed by atoms with Gasteiger partial charge in [0.25, 0.3) is 5.91 Å². The van der Waals surface area contributed by atoms with Crippen LogP contribution >= 0.6 is 11.6 Å². The van der Waals surface area contributed by atoms with Crippen LogP contribution in [0.4, 0.5) is 10.1 Å². The number of aliphatic hydroxyl groups excluding tert-OH is 1. The molecule has 6 heteroatoms. The van der Waals surface area contributed by atoms with Crippen LogP contribution in [-0.2, 0) is 6.54 Å². The molecular formula is C17H18ClFN2O2. The van der Waals surface area contributed by atoms with Crippen molar-refractivity contribution in [1.29, 1.82) is 0 Å². The van der Waals surface area contributed by atoms with Crippen molar-refractivity contribution in [2.24, 2.45) is 0 Å². The van der Waals surface area contributed by atoms with Crippen LogP contribution in [0.2, 0.25) is 5.02 Å². The van der Waals surface area contributed by atoms with Crippen molar-refractivity contribution in [3.63, 3.8) is 0 Å². The lowest BCUT2D eigenvalue weighted by atomic mass is 10.1. The fraction of sp³-hybridized carbons (Fsp3) is 0.235. The van der Waals surface area contributed by atoms with Crippen molar-refractivity contribution in [2.75, 3.05) is 11.9 Å². The molecule has 4 nitrogen and oxygen atoms in total. The largest absolute Gasteiger partial charge is 0.394 e. The van der Waals surface area contributed by atoms with Crippen LogP contribution in [0.5, 0.6) is 0 Å². The molecular weight excluding hydrogens is 319 g/mol. The molecule has 0 saturated carbocycles. The average Bonchev–Trinajstić information content (AvgIpc) is 2.54. The Morgan fingerprint density at radius 1 is 1.26 bits per heavy atom. The topological polar surface area (TPSA) is 61.4 Å². The van der Waals surface area contributed by atoms with Crippen LogP contribution in [0.15, 0.2) is 42.5 Å². The van der Waals surface area contributed by atoms with E-state index in [-0.39, 0.29) is 24.4 Å². The van der Waals surface area contributed by atoms with Gasteiger partial charge in [0, 0.05) is 28.9 Å². The van der Waals surface area contributed by atoms with E-state index in [4.69, 9.17) is 16.7 Å². The lowest BCUT2D eigenvalue weighted by Gasteiger charge is -2.12. The van der Waals surface area contributed by atoms with Crippen LogP contribution in [0, 0.1) is 5.82 Å². The molecule has 0 heterocycles. The first-order valence-electron chi connectivity index (χ1n) is 7.19. The van der Waals surface area contributed by atoms with E-state index >= 15 is 0 Å². The highest BCUT2D eigenvalue weighted by atomic mass is 35.5. The van der Waals surface area contributed by atoms with Crippen LogP contribution in [-0.4, -0.2) is 23.7 Å². The number of rotatable bonds is 6. The third kappa shape index (κ3) is 4.94. The summed E-state index contributed by atoms with van der Waals surface area (Å²) in [5.41, 5.74) is 2.11. The Labute approximate surface area is 139 Å². The van der Waals surface area contributed by atoms with Crippen LogP contribution < -0.4 is 10.6 Å². The molecule has 2 aromatic rings. The Morgan fingerprint density at radius 3 is 2.57 bits per heavy atom. The summed E-state index contributed by atoms with van der Waals surface area (Å²) in [6.45, 7) is 2.07. The van der Waals surface area contributed by atoms with Crippen molar-refractivity contribution in [1.82, 2.24) is 5.32 Å². The second kappa shape index (κ2) is 7.94. The number of nitrogens with one attached hydrogen (secondary N) is 2. The van der Waals surface area contributed by atoms with E-state index in [1.807, 2.05) is 0 Å². The molecule has 2 rings (SSSR count). The first kappa shape index (κ1) is 17.2. The number of anilines is 1. The quantitative estimate of drug-likeness (QED) is 0.759. The third-order valence-electron chi connectivity index (χ3n) is 3.30. The van der Waals surface area contributed by atoms with Crippen LogP contribution in [0.25, 0.3) is 0 Å². The molecule has 0 spiro atoms. The van der Waals surface area contributed by atoms with Crippen LogP contribution in [0.3, 0.4) is 0 Å². The van der Waals surface area contributed by atoms with Gasteiger partial charge in [-0.25, -0.2) is 4.39 Å². The maximum Gasteiger partial charge on any atom is 0.251 e. The van der Waals surface area contributed by atoms with Crippen molar-refractivity contribution < 1.29 is 14.3 Å². The monoisotopic (exact) mass is 336 g/mol. The fourth-order valence-corrected chi connectivity index (χ4v) is 2.19. The summed E-state index contributed by atoms with van der Waals surface area (Å²) >= 11 is 5.97. The maximum absolute atomic E-state index is 13.0. The zero-order valence-corrected chi connectivity index (χ0v) is 13.4. The number of carbonyl (C=O) groups excluding carboxylic acids is 1. The van der Waals surface area contributed by atoms with E-state index in [1.54, 1.807) is 37.3 Å². The SMILES string of the molecule is C[C@H](CO)NC(=O)c1ccc(NCc2ccc(F)cc2Cl)cc1. The standard InChI is InChI=1S/C17H18ClFN2O2/c1-11(10-22)21-17(23)12-3-6-15(7-4-12)20-9-13-2-5-14(19)8-16(13)18/h2-8,11,20,22H,9-10H2,1H3,(H,21,23)/t11-/m1/s1. The normalized spacial score (nSPS) is 11.8. The lowest BCUT2D eigenvalue weighted by molar-refractivity contribution is 0.0922. The summed E-state index contributed by atoms with van der Waals surface area (Å²) in [7, 11) is 0. The summed E-state index contributed by atoms with van der Waals surface area (Å²) in [5, 5.41) is 15.1. The minimum Gasteiger partial charge on any atom is -0.394 e. The molecule has 3 N–H and O–H groups in total. The van der Waals surface area contributed by atoms with E-state index in [0.717, 1.165) is 11.3 Å². The number of hydrogen-bond donors (Lipinski definition) is 3. The molecule has 0 radical (unpaired) electrons. The molecule has 0 bridgehead atoms. The number of halogens is 2. The maximum atomic E-state index is 13.0. The molecule has 0 unspecified atom stereocenters. The summed E-state index contributed by atoms with van der Waals surface area (Å²) in [6, 6.07) is 10.9. The van der Waals surface area contributed by atoms with Crippen molar-refractivity contribution in [3.05, 3.63) is 64.4 Å². The Hall–Kier alpha value is -2.11. The van der Waals surface area contributed by atoms with Gasteiger partial charge in [0.2, 0.25) is 0 Å². The molecule has 23 heavy (non-hydrogen) atoms. The molecule has 122 valence electrons. The number of carbonyl (C=O) groups is 1. The van der Waals surface area contributed by atoms with E-state index in [1.165, 1.54) is 12.1 Å². The van der Waals surface area contributed by atoms with Gasteiger partial charge in [0.1, 0.15) is 5.82 Å². The highest BCUT2D eigenvalue weighted by Crippen LogP contribution is 2.19. The van der Waals surface area contributed by atoms with Gasteiger partial charge in [-0.15, -0.1) is 0 Å². The van der Waals surface area contributed by atoms with Gasteiger partial charge in [-0.2, -0.15) is 0 Å². The molecule has 0 fully saturated rings. The molecule has 0 saturated heterocycles. The van der Waals surface area contributed by atoms with E-state index in [0.29, 0.717) is 17.1 Å². The first-order valence-corrected chi connectivity index (χ1v) is 7.57. The summed E-state index contributed by atoms with van der Waals surface area (Å²) in [5.74, 6) is -0.606. The van der Waals surface area contributed by atoms with Crippen molar-refractivity contribution in [2.45, 2.75) is 19.5 Å². The molecule has 1 amide bonds. The van der Waals surface area contributed by atoms with Crippen LogP contribution in [0.1, 0.15) is 22.8 Å². The van der Waals surface area contributed by atoms with E-state index in [9.17, 15) is 9.18 Å². The molecule has 0 aliphatic rings. The fourth-order valence-electron chi connectivity index (χ4n) is 1.95. The third-order valence-corrected chi connectivity index (χ3v) is 3.65. The minimum absolute atomic E-state index is 0.107. The number of aliphatic hydroxyl groups is 1. The zero-order valence-electron chi connectivity index (χ0n) is 12.6. The predicted molar refractivity (Wildman–Crippen MR) is 89.2 cm³/mol. The Morgan fingerprint density at radius 2 is 1.96 bits per heavy atom. The summed E-state index contributed by atoms with van der Waals surface area (Å²) in [4.78, 5) is 11.9. The molecule has 2 aromatic carbocycles. The smallest absolute Gasteiger partial charge is 0.251 e.